The van der Waals surface area contributed by atoms with Gasteiger partial charge in [0.1, 0.15) is 0 Å². The molecule has 0 amide bonds. The van der Waals surface area contributed by atoms with Gasteiger partial charge in [0, 0.05) is 5.92 Å². The van der Waals surface area contributed by atoms with Crippen molar-refractivity contribution >= 4 is 8.03 Å². The minimum Gasteiger partial charge on any atom is -0.161 e. The normalized spacial score (nSPS) is 22.4. The van der Waals surface area contributed by atoms with Crippen LogP contribution in [0, 0.1) is 5.92 Å². The smallest absolute Gasteiger partial charge is 0.161 e. The molecule has 0 aromatic rings. The number of rotatable bonds is 2. The van der Waals surface area contributed by atoms with Crippen LogP contribution in [0.3, 0.4) is 0 Å². The van der Waals surface area contributed by atoms with Crippen LogP contribution in [0.1, 0.15) is 19.3 Å². The van der Waals surface area contributed by atoms with E-state index >= 15 is 0 Å². The van der Waals surface area contributed by atoms with Gasteiger partial charge in [-0.2, -0.15) is 4.89 Å². The molecule has 0 heterocycles. The first-order valence-corrected chi connectivity index (χ1v) is 4.32. The van der Waals surface area contributed by atoms with Gasteiger partial charge in [-0.1, -0.05) is 6.42 Å². The lowest BCUT2D eigenvalue weighted by molar-refractivity contribution is 0.341. The monoisotopic (exact) mass is 133 g/mol. The molecule has 0 saturated heterocycles. The third kappa shape index (κ3) is 1.53. The van der Waals surface area contributed by atoms with Gasteiger partial charge >= 0.3 is 8.03 Å². The standard InChI is InChI=1S/C5H9O2P/c6-8(7)4-5-2-1-3-5/h5H,1-4H2/p+1. The fourth-order valence-electron chi connectivity index (χ4n) is 0.896. The van der Waals surface area contributed by atoms with Crippen molar-refractivity contribution in [2.45, 2.75) is 19.3 Å². The molecule has 0 aromatic carbocycles. The molecule has 1 fully saturated rings. The highest BCUT2D eigenvalue weighted by atomic mass is 31.1. The molecule has 1 saturated carbocycles. The van der Waals surface area contributed by atoms with Crippen molar-refractivity contribution in [2.24, 2.45) is 5.92 Å². The lowest BCUT2D eigenvalue weighted by Crippen LogP contribution is -2.12. The lowest BCUT2D eigenvalue weighted by Gasteiger charge is -2.19. The molecule has 0 aromatic heterocycles. The van der Waals surface area contributed by atoms with E-state index in [9.17, 15) is 4.57 Å². The molecule has 8 heavy (non-hydrogen) atoms. The molecule has 1 rings (SSSR count). The van der Waals surface area contributed by atoms with Crippen molar-refractivity contribution in [2.75, 3.05) is 6.16 Å². The SMILES string of the molecule is O=[P+](O)CC1CCC1. The second-order valence-electron chi connectivity index (χ2n) is 2.33. The van der Waals surface area contributed by atoms with Gasteiger partial charge in [0.25, 0.3) is 0 Å². The van der Waals surface area contributed by atoms with Crippen LogP contribution in [0.25, 0.3) is 0 Å². The summed E-state index contributed by atoms with van der Waals surface area (Å²) in [4.78, 5) is 8.40. The molecule has 46 valence electrons. The van der Waals surface area contributed by atoms with Crippen LogP contribution in [-0.4, -0.2) is 11.1 Å². The Bertz CT molecular complexity index is 98.6. The molecule has 1 N–H and O–H groups in total. The molecule has 3 heteroatoms. The molecule has 0 bridgehead atoms. The van der Waals surface area contributed by atoms with Gasteiger partial charge in [-0.3, -0.25) is 0 Å². The Labute approximate surface area is 49.8 Å². The van der Waals surface area contributed by atoms with Gasteiger partial charge < -0.3 is 0 Å². The first-order valence-electron chi connectivity index (χ1n) is 2.92. The third-order valence-corrected chi connectivity index (χ3v) is 2.47. The molecule has 0 spiro atoms. The first kappa shape index (κ1) is 6.18. The highest BCUT2D eigenvalue weighted by molar-refractivity contribution is 7.38. The topological polar surface area (TPSA) is 37.3 Å². The summed E-state index contributed by atoms with van der Waals surface area (Å²) >= 11 is 0. The van der Waals surface area contributed by atoms with Gasteiger partial charge in [0.15, 0.2) is 6.16 Å². The van der Waals surface area contributed by atoms with E-state index in [1.807, 2.05) is 0 Å². The summed E-state index contributed by atoms with van der Waals surface area (Å²) in [6.07, 6.45) is 4.13. The fourth-order valence-corrected chi connectivity index (χ4v) is 1.70. The molecule has 0 aliphatic heterocycles. The molecule has 1 aliphatic rings. The molecule has 1 unspecified atom stereocenters. The molecule has 1 aliphatic carbocycles. The summed E-state index contributed by atoms with van der Waals surface area (Å²) in [6.45, 7) is 0. The summed E-state index contributed by atoms with van der Waals surface area (Å²) in [7, 11) is -1.84. The average molecular weight is 133 g/mol. The van der Waals surface area contributed by atoms with Crippen molar-refractivity contribution in [3.63, 3.8) is 0 Å². The predicted molar refractivity (Wildman–Crippen MR) is 32.0 cm³/mol. The van der Waals surface area contributed by atoms with E-state index < -0.39 is 8.03 Å². The minimum absolute atomic E-state index is 0.537. The second-order valence-corrected chi connectivity index (χ2v) is 3.40. The maximum absolute atomic E-state index is 10.2. The number of hydrogen-bond donors (Lipinski definition) is 1. The van der Waals surface area contributed by atoms with Crippen LogP contribution >= 0.6 is 8.03 Å². The van der Waals surface area contributed by atoms with Crippen LogP contribution in [0.2, 0.25) is 0 Å². The van der Waals surface area contributed by atoms with Gasteiger partial charge in [-0.05, 0) is 17.4 Å². The van der Waals surface area contributed by atoms with Gasteiger partial charge in [0.2, 0.25) is 0 Å². The zero-order chi connectivity index (χ0) is 5.98. The highest BCUT2D eigenvalue weighted by Crippen LogP contribution is 2.32. The average Bonchev–Trinajstić information content (AvgIpc) is 1.55. The Hall–Kier alpha value is 0.0600. The van der Waals surface area contributed by atoms with Crippen molar-refractivity contribution in [3.8, 4) is 0 Å². The van der Waals surface area contributed by atoms with E-state index in [0.29, 0.717) is 12.1 Å². The Morgan fingerprint density at radius 1 is 1.62 bits per heavy atom. The van der Waals surface area contributed by atoms with Crippen LogP contribution in [0.4, 0.5) is 0 Å². The fraction of sp³-hybridized carbons (Fsp3) is 1.00. The van der Waals surface area contributed by atoms with Crippen molar-refractivity contribution in [1.82, 2.24) is 0 Å². The Balaban J connectivity index is 2.09. The summed E-state index contributed by atoms with van der Waals surface area (Å²) < 4.78 is 10.2. The molecule has 2 nitrogen and oxygen atoms in total. The second kappa shape index (κ2) is 2.56. The Kier molecular flexibility index (Phi) is 1.98. The van der Waals surface area contributed by atoms with Crippen LogP contribution in [0.5, 0.6) is 0 Å². The molecule has 0 radical (unpaired) electrons. The molecular formula is C5H10O2P+. The summed E-state index contributed by atoms with van der Waals surface area (Å²) in [5.41, 5.74) is 0. The van der Waals surface area contributed by atoms with Crippen LogP contribution < -0.4 is 0 Å². The van der Waals surface area contributed by atoms with Crippen molar-refractivity contribution in [3.05, 3.63) is 0 Å². The zero-order valence-corrected chi connectivity index (χ0v) is 5.60. The summed E-state index contributed by atoms with van der Waals surface area (Å²) in [6, 6.07) is 0. The maximum Gasteiger partial charge on any atom is 0.505 e. The molecule has 1 atom stereocenters. The van der Waals surface area contributed by atoms with Gasteiger partial charge in [-0.15, -0.1) is 0 Å². The Morgan fingerprint density at radius 2 is 2.25 bits per heavy atom. The highest BCUT2D eigenvalue weighted by Gasteiger charge is 2.26. The largest absolute Gasteiger partial charge is 0.505 e. The quantitative estimate of drug-likeness (QED) is 0.580. The van der Waals surface area contributed by atoms with Gasteiger partial charge in [0.05, 0.1) is 0 Å². The zero-order valence-electron chi connectivity index (χ0n) is 4.71. The van der Waals surface area contributed by atoms with E-state index in [2.05, 4.69) is 0 Å². The molecular weight excluding hydrogens is 123 g/mol. The van der Waals surface area contributed by atoms with Crippen molar-refractivity contribution in [1.29, 1.82) is 0 Å². The van der Waals surface area contributed by atoms with Crippen LogP contribution in [-0.2, 0) is 4.57 Å². The third-order valence-electron chi connectivity index (χ3n) is 1.64. The lowest BCUT2D eigenvalue weighted by atomic mass is 9.87. The summed E-state index contributed by atoms with van der Waals surface area (Å²) in [5, 5.41) is 0. The van der Waals surface area contributed by atoms with E-state index in [-0.39, 0.29) is 0 Å². The minimum atomic E-state index is -1.84. The van der Waals surface area contributed by atoms with E-state index in [0.717, 1.165) is 0 Å². The van der Waals surface area contributed by atoms with E-state index in [1.54, 1.807) is 0 Å². The number of hydrogen-bond acceptors (Lipinski definition) is 1. The van der Waals surface area contributed by atoms with E-state index in [1.165, 1.54) is 19.3 Å². The maximum atomic E-state index is 10.2. The Morgan fingerprint density at radius 3 is 2.38 bits per heavy atom. The predicted octanol–water partition coefficient (Wildman–Crippen LogP) is 1.52. The summed E-state index contributed by atoms with van der Waals surface area (Å²) in [5.74, 6) is 0.573. The van der Waals surface area contributed by atoms with Crippen LogP contribution in [0.15, 0.2) is 0 Å². The van der Waals surface area contributed by atoms with Crippen molar-refractivity contribution < 1.29 is 9.46 Å². The van der Waals surface area contributed by atoms with E-state index in [4.69, 9.17) is 4.89 Å². The van der Waals surface area contributed by atoms with Gasteiger partial charge in [-0.25, -0.2) is 0 Å². The first-order chi connectivity index (χ1) is 3.79.